The third-order valence-electron chi connectivity index (χ3n) is 7.75. The molecule has 0 aromatic heterocycles. The summed E-state index contributed by atoms with van der Waals surface area (Å²) in [5.74, 6) is 0.0810. The quantitative estimate of drug-likeness (QED) is 0.584. The van der Waals surface area contributed by atoms with Gasteiger partial charge in [-0.15, -0.1) is 0 Å². The van der Waals surface area contributed by atoms with E-state index in [2.05, 4.69) is 16.3 Å². The lowest BCUT2D eigenvalue weighted by Gasteiger charge is -2.41. The highest BCUT2D eigenvalue weighted by Crippen LogP contribution is 2.34. The van der Waals surface area contributed by atoms with Crippen LogP contribution in [-0.2, 0) is 14.3 Å². The predicted octanol–water partition coefficient (Wildman–Crippen LogP) is 3.54. The van der Waals surface area contributed by atoms with E-state index < -0.39 is 12.0 Å². The van der Waals surface area contributed by atoms with Crippen LogP contribution in [-0.4, -0.2) is 78.5 Å². The van der Waals surface area contributed by atoms with Gasteiger partial charge in [-0.2, -0.15) is 0 Å². The van der Waals surface area contributed by atoms with Gasteiger partial charge in [-0.3, -0.25) is 14.6 Å². The Labute approximate surface area is 214 Å². The second-order valence-corrected chi connectivity index (χ2v) is 10.2. The minimum Gasteiger partial charge on any atom is -0.463 e. The molecule has 0 radical (unpaired) electrons. The molecule has 2 heterocycles. The monoisotopic (exact) mass is 496 g/mol. The molecular weight excluding hydrogens is 456 g/mol. The lowest BCUT2D eigenvalue weighted by molar-refractivity contribution is -0.139. The van der Waals surface area contributed by atoms with Gasteiger partial charge in [-0.25, -0.2) is 9.59 Å². The Morgan fingerprint density at radius 2 is 1.75 bits per heavy atom. The van der Waals surface area contributed by atoms with Crippen LogP contribution in [0.15, 0.2) is 29.5 Å². The van der Waals surface area contributed by atoms with E-state index in [1.54, 1.807) is 11.8 Å². The zero-order chi connectivity index (χ0) is 25.8. The van der Waals surface area contributed by atoms with Crippen molar-refractivity contribution in [2.45, 2.75) is 59.4 Å². The zero-order valence-electron chi connectivity index (χ0n) is 22.1. The van der Waals surface area contributed by atoms with Gasteiger partial charge in [0.15, 0.2) is 0 Å². The number of benzene rings is 1. The van der Waals surface area contributed by atoms with Crippen LogP contribution in [0.1, 0.15) is 62.3 Å². The topological polar surface area (TPSA) is 82.2 Å². The van der Waals surface area contributed by atoms with Gasteiger partial charge < -0.3 is 15.0 Å². The van der Waals surface area contributed by atoms with Crippen molar-refractivity contribution in [2.24, 2.45) is 5.92 Å². The van der Waals surface area contributed by atoms with Crippen LogP contribution in [0.25, 0.3) is 0 Å². The molecule has 196 valence electrons. The summed E-state index contributed by atoms with van der Waals surface area (Å²) in [7, 11) is 0. The average Bonchev–Trinajstić information content (AvgIpc) is 3.39. The van der Waals surface area contributed by atoms with Gasteiger partial charge >= 0.3 is 12.0 Å². The van der Waals surface area contributed by atoms with Crippen LogP contribution >= 0.6 is 0 Å². The number of ether oxygens (including phenoxy) is 1. The fourth-order valence-corrected chi connectivity index (χ4v) is 5.81. The molecule has 2 aliphatic heterocycles. The molecule has 36 heavy (non-hydrogen) atoms. The van der Waals surface area contributed by atoms with Crippen LogP contribution in [0.5, 0.6) is 0 Å². The van der Waals surface area contributed by atoms with Crippen molar-refractivity contribution < 1.29 is 19.1 Å². The summed E-state index contributed by atoms with van der Waals surface area (Å²) in [6, 6.07) is 5.28. The first-order valence-corrected chi connectivity index (χ1v) is 13.4. The minimum atomic E-state index is -0.569. The Morgan fingerprint density at radius 1 is 1.06 bits per heavy atom. The highest BCUT2D eigenvalue weighted by molar-refractivity contribution is 5.95. The van der Waals surface area contributed by atoms with Crippen molar-refractivity contribution in [2.75, 3.05) is 45.9 Å². The number of urea groups is 1. The number of rotatable bonds is 7. The van der Waals surface area contributed by atoms with Gasteiger partial charge in [0.2, 0.25) is 5.91 Å². The Hall–Kier alpha value is -2.87. The van der Waals surface area contributed by atoms with Gasteiger partial charge in [0, 0.05) is 50.9 Å². The SMILES string of the molecule is CCOC(=O)C1=C(CN2CCN(C(=O)C3CCCC3)CC2)N(CC)C(=O)N[C@H]1c1ccc(C)cc1C. The van der Waals surface area contributed by atoms with Crippen molar-refractivity contribution in [3.05, 3.63) is 46.2 Å². The fraction of sp³-hybridized carbons (Fsp3) is 0.607. The van der Waals surface area contributed by atoms with E-state index in [0.717, 1.165) is 42.4 Å². The number of likely N-dealkylation sites (N-methyl/N-ethyl adjacent to an activating group) is 1. The molecule has 3 aliphatic rings. The third-order valence-corrected chi connectivity index (χ3v) is 7.75. The number of nitrogens with zero attached hydrogens (tertiary/aromatic N) is 3. The van der Waals surface area contributed by atoms with Crippen molar-refractivity contribution >= 4 is 17.9 Å². The molecule has 1 aromatic rings. The third kappa shape index (κ3) is 5.43. The summed E-state index contributed by atoms with van der Waals surface area (Å²) in [6.07, 6.45) is 4.32. The number of aryl methyl sites for hydroxylation is 2. The second-order valence-electron chi connectivity index (χ2n) is 10.2. The Balaban J connectivity index is 1.61. The van der Waals surface area contributed by atoms with Crippen molar-refractivity contribution in [3.8, 4) is 0 Å². The number of esters is 1. The van der Waals surface area contributed by atoms with Crippen LogP contribution < -0.4 is 5.32 Å². The molecule has 1 saturated heterocycles. The molecule has 0 bridgehead atoms. The van der Waals surface area contributed by atoms with E-state index in [-0.39, 0.29) is 18.6 Å². The Bertz CT molecular complexity index is 1020. The second kappa shape index (κ2) is 11.5. The van der Waals surface area contributed by atoms with Crippen molar-refractivity contribution in [1.29, 1.82) is 0 Å². The summed E-state index contributed by atoms with van der Waals surface area (Å²) in [5, 5.41) is 3.06. The number of nitrogens with one attached hydrogen (secondary N) is 1. The standard InChI is InChI=1S/C28H40N4O4/c1-5-32-23(18-30-13-15-31(16-14-30)26(33)21-9-7-8-10-21)24(27(34)36-6-2)25(29-28(32)35)22-12-11-19(3)17-20(22)4/h11-12,17,21,25H,5-10,13-16,18H2,1-4H3,(H,29,35)/t25-/m0/s1. The average molecular weight is 497 g/mol. The highest BCUT2D eigenvalue weighted by atomic mass is 16.5. The molecule has 1 saturated carbocycles. The molecule has 8 heteroatoms. The smallest absolute Gasteiger partial charge is 0.338 e. The Kier molecular flexibility index (Phi) is 8.34. The predicted molar refractivity (Wildman–Crippen MR) is 138 cm³/mol. The summed E-state index contributed by atoms with van der Waals surface area (Å²) in [5.41, 5.74) is 4.23. The molecule has 4 rings (SSSR count). The van der Waals surface area contributed by atoms with Crippen molar-refractivity contribution in [3.63, 3.8) is 0 Å². The first-order chi connectivity index (χ1) is 17.3. The number of hydrogen-bond acceptors (Lipinski definition) is 5. The molecule has 1 atom stereocenters. The maximum atomic E-state index is 13.3. The summed E-state index contributed by atoms with van der Waals surface area (Å²) in [6.45, 7) is 11.7. The summed E-state index contributed by atoms with van der Waals surface area (Å²) in [4.78, 5) is 45.3. The van der Waals surface area contributed by atoms with Crippen molar-refractivity contribution in [1.82, 2.24) is 20.0 Å². The largest absolute Gasteiger partial charge is 0.463 e. The molecule has 3 amide bonds. The van der Waals surface area contributed by atoms with Gasteiger partial charge in [0.1, 0.15) is 0 Å². The first-order valence-electron chi connectivity index (χ1n) is 13.4. The van der Waals surface area contributed by atoms with Gasteiger partial charge in [0.25, 0.3) is 0 Å². The normalized spacial score (nSPS) is 21.7. The maximum Gasteiger partial charge on any atom is 0.338 e. The number of piperazine rings is 1. The van der Waals surface area contributed by atoms with Gasteiger partial charge in [-0.1, -0.05) is 36.6 Å². The van der Waals surface area contributed by atoms with Gasteiger partial charge in [-0.05, 0) is 51.7 Å². The number of hydrogen-bond donors (Lipinski definition) is 1. The number of carbonyl (C=O) groups excluding carboxylic acids is 3. The summed E-state index contributed by atoms with van der Waals surface area (Å²) < 4.78 is 5.50. The first kappa shape index (κ1) is 26.2. The molecule has 1 aromatic carbocycles. The van der Waals surface area contributed by atoms with E-state index in [0.29, 0.717) is 56.4 Å². The Morgan fingerprint density at radius 3 is 2.36 bits per heavy atom. The molecule has 1 aliphatic carbocycles. The molecular formula is C28H40N4O4. The summed E-state index contributed by atoms with van der Waals surface area (Å²) >= 11 is 0. The maximum absolute atomic E-state index is 13.3. The molecule has 1 N–H and O–H groups in total. The van der Waals surface area contributed by atoms with E-state index in [1.807, 2.05) is 37.8 Å². The molecule has 0 spiro atoms. The number of amides is 3. The van der Waals surface area contributed by atoms with E-state index >= 15 is 0 Å². The van der Waals surface area contributed by atoms with E-state index in [9.17, 15) is 14.4 Å². The molecule has 8 nitrogen and oxygen atoms in total. The van der Waals surface area contributed by atoms with Crippen LogP contribution in [0.3, 0.4) is 0 Å². The minimum absolute atomic E-state index is 0.186. The van der Waals surface area contributed by atoms with Gasteiger partial charge in [0.05, 0.1) is 18.2 Å². The fourth-order valence-electron chi connectivity index (χ4n) is 5.81. The molecule has 2 fully saturated rings. The van der Waals surface area contributed by atoms with E-state index in [4.69, 9.17) is 4.74 Å². The van der Waals surface area contributed by atoms with Crippen LogP contribution in [0, 0.1) is 19.8 Å². The highest BCUT2D eigenvalue weighted by Gasteiger charge is 2.39. The van der Waals surface area contributed by atoms with Crippen LogP contribution in [0.2, 0.25) is 0 Å². The molecule has 0 unspecified atom stereocenters. The lowest BCUT2D eigenvalue weighted by Crippen LogP contribution is -2.54. The van der Waals surface area contributed by atoms with E-state index in [1.165, 1.54) is 0 Å². The van der Waals surface area contributed by atoms with Crippen LogP contribution in [0.4, 0.5) is 4.79 Å². The lowest BCUT2D eigenvalue weighted by atomic mass is 9.90. The zero-order valence-corrected chi connectivity index (χ0v) is 22.1. The number of carbonyl (C=O) groups is 3.